The van der Waals surface area contributed by atoms with Crippen molar-refractivity contribution in [2.45, 2.75) is 5.33 Å². The minimum atomic E-state index is -0.408. The van der Waals surface area contributed by atoms with Crippen molar-refractivity contribution < 1.29 is 14.3 Å². The lowest BCUT2D eigenvalue weighted by Gasteiger charge is -2.17. The monoisotopic (exact) mass is 598 g/mol. The van der Waals surface area contributed by atoms with E-state index in [1.807, 2.05) is 24.3 Å². The van der Waals surface area contributed by atoms with Crippen molar-refractivity contribution in [1.82, 2.24) is 0 Å². The van der Waals surface area contributed by atoms with Gasteiger partial charge in [0.15, 0.2) is 0 Å². The molecule has 0 aliphatic carbocycles. The number of carbonyl (C=O) groups excluding carboxylic acids is 1. The molecule has 0 N–H and O–H groups in total. The van der Waals surface area contributed by atoms with Crippen LogP contribution in [0.3, 0.4) is 0 Å². The smallest absolute Gasteiger partial charge is 0.343 e. The summed E-state index contributed by atoms with van der Waals surface area (Å²) in [5.41, 5.74) is 6.32. The lowest BCUT2D eigenvalue weighted by Crippen LogP contribution is -2.08. The number of carbonyl (C=O) groups is 1. The van der Waals surface area contributed by atoms with Crippen molar-refractivity contribution in [2.24, 2.45) is 0 Å². The molecule has 0 bridgehead atoms. The number of ether oxygens (including phenoxy) is 2. The number of methoxy groups -OCH3 is 1. The number of esters is 1. The summed E-state index contributed by atoms with van der Waals surface area (Å²) in [6, 6.07) is 40.3. The van der Waals surface area contributed by atoms with Crippen LogP contribution in [0.2, 0.25) is 0 Å². The van der Waals surface area contributed by atoms with E-state index >= 15 is 0 Å². The van der Waals surface area contributed by atoms with Crippen LogP contribution >= 0.6 is 15.9 Å². The van der Waals surface area contributed by atoms with Gasteiger partial charge < -0.3 is 9.47 Å². The summed E-state index contributed by atoms with van der Waals surface area (Å²) in [6.45, 7) is 0. The molecule has 0 heterocycles. The van der Waals surface area contributed by atoms with Gasteiger partial charge in [0, 0.05) is 5.33 Å². The van der Waals surface area contributed by atoms with Gasteiger partial charge in [0.05, 0.1) is 12.7 Å². The highest BCUT2D eigenvalue weighted by molar-refractivity contribution is 9.08. The predicted octanol–water partition coefficient (Wildman–Crippen LogP) is 9.95. The zero-order chi connectivity index (χ0) is 28.2. The van der Waals surface area contributed by atoms with Crippen molar-refractivity contribution in [3.63, 3.8) is 0 Å². The third-order valence-corrected chi connectivity index (χ3v) is 7.85. The topological polar surface area (TPSA) is 35.5 Å². The highest BCUT2D eigenvalue weighted by Gasteiger charge is 2.15. The average Bonchev–Trinajstić information content (AvgIpc) is 3.03. The summed E-state index contributed by atoms with van der Waals surface area (Å²) in [5.74, 6) is 0.776. The Bertz CT molecular complexity index is 1890. The molecule has 0 amide bonds. The summed E-state index contributed by atoms with van der Waals surface area (Å²) in [7, 11) is 1.59. The Balaban J connectivity index is 1.35. The maximum atomic E-state index is 12.6. The molecule has 0 atom stereocenters. The molecular weight excluding hydrogens is 572 g/mol. The molecule has 0 radical (unpaired) electrons. The summed E-state index contributed by atoms with van der Waals surface area (Å²) in [5, 5.41) is 5.63. The maximum absolute atomic E-state index is 12.6. The molecule has 0 aliphatic heterocycles. The van der Waals surface area contributed by atoms with Gasteiger partial charge in [-0.15, -0.1) is 0 Å². The molecule has 41 heavy (non-hydrogen) atoms. The van der Waals surface area contributed by atoms with Crippen molar-refractivity contribution in [2.75, 3.05) is 7.11 Å². The molecule has 0 saturated heterocycles. The van der Waals surface area contributed by atoms with Crippen molar-refractivity contribution >= 4 is 55.6 Å². The van der Waals surface area contributed by atoms with Gasteiger partial charge in [-0.3, -0.25) is 0 Å². The molecule has 6 rings (SSSR count). The van der Waals surface area contributed by atoms with E-state index in [0.29, 0.717) is 17.1 Å². The quantitative estimate of drug-likeness (QED) is 0.0793. The normalized spacial score (nSPS) is 11.3. The van der Waals surface area contributed by atoms with Crippen LogP contribution in [0.4, 0.5) is 0 Å². The zero-order valence-electron chi connectivity index (χ0n) is 22.5. The number of alkyl halides is 1. The van der Waals surface area contributed by atoms with E-state index in [2.05, 4.69) is 101 Å². The van der Waals surface area contributed by atoms with Crippen LogP contribution in [0.1, 0.15) is 27.0 Å². The molecule has 0 fully saturated rings. The number of fused-ring (bicyclic) bond motifs is 2. The molecule has 6 aromatic carbocycles. The van der Waals surface area contributed by atoms with Crippen LogP contribution in [0.5, 0.6) is 11.5 Å². The van der Waals surface area contributed by atoms with Crippen molar-refractivity contribution in [3.05, 3.63) is 144 Å². The minimum Gasteiger partial charge on any atom is -0.497 e. The Kier molecular flexibility index (Phi) is 7.66. The van der Waals surface area contributed by atoms with Gasteiger partial charge in [-0.25, -0.2) is 4.79 Å². The van der Waals surface area contributed by atoms with E-state index in [4.69, 9.17) is 9.47 Å². The number of hydrogen-bond acceptors (Lipinski definition) is 3. The van der Waals surface area contributed by atoms with Gasteiger partial charge in [-0.05, 0) is 85.8 Å². The lowest BCUT2D eigenvalue weighted by molar-refractivity contribution is 0.0734. The van der Waals surface area contributed by atoms with Gasteiger partial charge in [-0.2, -0.15) is 0 Å². The third kappa shape index (κ3) is 5.52. The lowest BCUT2D eigenvalue weighted by atomic mass is 9.87. The SMILES string of the molecule is COc1ccc(C(=O)Oc2ccc(/C=C/c3ccc4ccccc4c3-c3c(CBr)ccc4ccccc34)cc2)cc1. The minimum absolute atomic E-state index is 0.408. The van der Waals surface area contributed by atoms with Gasteiger partial charge in [0.2, 0.25) is 0 Å². The largest absolute Gasteiger partial charge is 0.497 e. The highest BCUT2D eigenvalue weighted by Crippen LogP contribution is 2.40. The van der Waals surface area contributed by atoms with Gasteiger partial charge >= 0.3 is 5.97 Å². The number of hydrogen-bond donors (Lipinski definition) is 0. The Morgan fingerprint density at radius 3 is 1.93 bits per heavy atom. The molecule has 0 aromatic heterocycles. The average molecular weight is 600 g/mol. The van der Waals surface area contributed by atoms with Gasteiger partial charge in [0.25, 0.3) is 0 Å². The second-order valence-electron chi connectivity index (χ2n) is 9.73. The van der Waals surface area contributed by atoms with E-state index < -0.39 is 5.97 Å². The van der Waals surface area contributed by atoms with Crippen LogP contribution in [-0.2, 0) is 5.33 Å². The molecule has 200 valence electrons. The number of benzene rings is 6. The molecule has 6 aromatic rings. The predicted molar refractivity (Wildman–Crippen MR) is 173 cm³/mol. The zero-order valence-corrected chi connectivity index (χ0v) is 24.1. The van der Waals surface area contributed by atoms with E-state index in [-0.39, 0.29) is 0 Å². The van der Waals surface area contributed by atoms with Crippen LogP contribution in [-0.4, -0.2) is 13.1 Å². The first-order valence-electron chi connectivity index (χ1n) is 13.4. The summed E-state index contributed by atoms with van der Waals surface area (Å²) >= 11 is 3.74. The summed E-state index contributed by atoms with van der Waals surface area (Å²) < 4.78 is 10.7. The first kappa shape index (κ1) is 26.5. The molecule has 0 aliphatic rings. The highest BCUT2D eigenvalue weighted by atomic mass is 79.9. The third-order valence-electron chi connectivity index (χ3n) is 7.24. The fraction of sp³-hybridized carbons (Fsp3) is 0.0541. The molecule has 0 saturated carbocycles. The molecular formula is C37H27BrO3. The number of halogens is 1. The maximum Gasteiger partial charge on any atom is 0.343 e. The van der Waals surface area contributed by atoms with Crippen LogP contribution < -0.4 is 9.47 Å². The Hall–Kier alpha value is -4.67. The van der Waals surface area contributed by atoms with E-state index in [1.54, 1.807) is 31.4 Å². The van der Waals surface area contributed by atoms with Crippen molar-refractivity contribution in [1.29, 1.82) is 0 Å². The fourth-order valence-electron chi connectivity index (χ4n) is 5.16. The Labute approximate surface area is 247 Å². The first-order valence-corrected chi connectivity index (χ1v) is 14.5. The molecule has 0 unspecified atom stereocenters. The second kappa shape index (κ2) is 11.8. The summed E-state index contributed by atoms with van der Waals surface area (Å²) in [6.07, 6.45) is 4.27. The van der Waals surface area contributed by atoms with Crippen molar-refractivity contribution in [3.8, 4) is 22.6 Å². The molecule has 4 heteroatoms. The Morgan fingerprint density at radius 2 is 1.27 bits per heavy atom. The first-order chi connectivity index (χ1) is 20.1. The summed E-state index contributed by atoms with van der Waals surface area (Å²) in [4.78, 5) is 12.6. The van der Waals surface area contributed by atoms with Crippen LogP contribution in [0, 0.1) is 0 Å². The van der Waals surface area contributed by atoms with Gasteiger partial charge in [0.1, 0.15) is 11.5 Å². The van der Waals surface area contributed by atoms with E-state index in [9.17, 15) is 4.79 Å². The van der Waals surface area contributed by atoms with E-state index in [0.717, 1.165) is 16.5 Å². The standard InChI is InChI=1S/C37H27BrO3/c1-40-31-22-18-29(19-23-31)37(39)41-32-20-11-25(12-21-32)10-13-28-16-14-26-6-2-4-8-33(26)35(28)36-30(24-38)17-15-27-7-3-5-9-34(27)36/h2-23H,24H2,1H3/b13-10+. The molecule has 3 nitrogen and oxygen atoms in total. The second-order valence-corrected chi connectivity index (χ2v) is 10.3. The van der Waals surface area contributed by atoms with E-state index in [1.165, 1.54) is 38.2 Å². The van der Waals surface area contributed by atoms with Crippen LogP contribution in [0.25, 0.3) is 44.8 Å². The number of rotatable bonds is 7. The van der Waals surface area contributed by atoms with Crippen LogP contribution in [0.15, 0.2) is 121 Å². The molecule has 0 spiro atoms. The van der Waals surface area contributed by atoms with Gasteiger partial charge in [-0.1, -0.05) is 113 Å². The fourth-order valence-corrected chi connectivity index (χ4v) is 5.62. The Morgan fingerprint density at radius 1 is 0.659 bits per heavy atom.